The predicted octanol–water partition coefficient (Wildman–Crippen LogP) is 0.167. The number of hydrogen-bond donors (Lipinski definition) is 2. The van der Waals surface area contributed by atoms with Crippen LogP contribution in [0.1, 0.15) is 15.9 Å². The molecule has 1 aromatic rings. The van der Waals surface area contributed by atoms with Crippen LogP contribution in [0.5, 0.6) is 0 Å². The molecule has 2 N–H and O–H groups in total. The Kier molecular flexibility index (Phi) is 6.20. The van der Waals surface area contributed by atoms with Gasteiger partial charge in [-0.05, 0) is 24.1 Å². The number of carboxylic acids is 1. The summed E-state index contributed by atoms with van der Waals surface area (Å²) in [6, 6.07) is 5.94. The Morgan fingerprint density at radius 1 is 1.31 bits per heavy atom. The molecule has 7 heteroatoms. The molecule has 0 spiro atoms. The SMILES string of the molecule is O=C(O)c1cccc(CCS(=O)(=O)O)c1.[NaH]. The number of carbonyl (C=O) groups is 1. The Labute approximate surface area is 116 Å². The topological polar surface area (TPSA) is 91.7 Å². The van der Waals surface area contributed by atoms with Gasteiger partial charge in [-0.15, -0.1) is 0 Å². The summed E-state index contributed by atoms with van der Waals surface area (Å²) in [5, 5.41) is 8.67. The summed E-state index contributed by atoms with van der Waals surface area (Å²) in [6.07, 6.45) is 0.0972. The second kappa shape index (κ2) is 6.36. The van der Waals surface area contributed by atoms with Crippen LogP contribution in [0.2, 0.25) is 0 Å². The van der Waals surface area contributed by atoms with E-state index in [4.69, 9.17) is 9.66 Å². The zero-order valence-electron chi connectivity index (χ0n) is 7.75. The molecule has 0 heterocycles. The van der Waals surface area contributed by atoms with Gasteiger partial charge in [0.15, 0.2) is 0 Å². The summed E-state index contributed by atoms with van der Waals surface area (Å²) in [4.78, 5) is 10.6. The van der Waals surface area contributed by atoms with E-state index in [1.165, 1.54) is 18.2 Å². The standard InChI is InChI=1S/C9H10O5S.Na.H/c10-9(11)8-3-1-2-7(6-8)4-5-15(12,13)14;;/h1-3,6H,4-5H2,(H,10,11)(H,12,13,14);;. The Balaban J connectivity index is 0.00000225. The third-order valence-corrected chi connectivity index (χ3v) is 2.54. The molecular formula is C9H11NaO5S. The van der Waals surface area contributed by atoms with Gasteiger partial charge in [0.2, 0.25) is 0 Å². The van der Waals surface area contributed by atoms with E-state index in [0.29, 0.717) is 5.56 Å². The molecule has 84 valence electrons. The van der Waals surface area contributed by atoms with Gasteiger partial charge in [0.25, 0.3) is 10.1 Å². The average molecular weight is 254 g/mol. The summed E-state index contributed by atoms with van der Waals surface area (Å²) in [6.45, 7) is 0. The zero-order valence-corrected chi connectivity index (χ0v) is 8.57. The van der Waals surface area contributed by atoms with Gasteiger partial charge in [-0.3, -0.25) is 4.55 Å². The number of benzene rings is 1. The molecule has 0 aromatic heterocycles. The van der Waals surface area contributed by atoms with Crippen molar-refractivity contribution in [3.63, 3.8) is 0 Å². The summed E-state index contributed by atoms with van der Waals surface area (Å²) in [5.41, 5.74) is 0.662. The first-order valence-electron chi connectivity index (χ1n) is 4.16. The quantitative estimate of drug-likeness (QED) is 0.590. The van der Waals surface area contributed by atoms with E-state index in [0.717, 1.165) is 0 Å². The molecule has 0 aliphatic carbocycles. The van der Waals surface area contributed by atoms with Crippen molar-refractivity contribution < 1.29 is 22.9 Å². The van der Waals surface area contributed by atoms with Crippen molar-refractivity contribution in [3.05, 3.63) is 35.4 Å². The van der Waals surface area contributed by atoms with Crippen LogP contribution in [0.3, 0.4) is 0 Å². The van der Waals surface area contributed by atoms with Crippen LogP contribution in [0.4, 0.5) is 0 Å². The van der Waals surface area contributed by atoms with Crippen molar-refractivity contribution in [2.75, 3.05) is 5.75 Å². The van der Waals surface area contributed by atoms with E-state index < -0.39 is 21.8 Å². The number of aromatic carboxylic acids is 1. The molecule has 5 nitrogen and oxygen atoms in total. The normalized spacial score (nSPS) is 10.6. The monoisotopic (exact) mass is 254 g/mol. The van der Waals surface area contributed by atoms with Gasteiger partial charge in [-0.2, -0.15) is 8.42 Å². The van der Waals surface area contributed by atoms with Gasteiger partial charge in [0, 0.05) is 0 Å². The molecule has 1 rings (SSSR count). The predicted molar refractivity (Wildman–Crippen MR) is 60.7 cm³/mol. The van der Waals surface area contributed by atoms with E-state index in [9.17, 15) is 13.2 Å². The fraction of sp³-hybridized carbons (Fsp3) is 0.222. The number of hydrogen-bond acceptors (Lipinski definition) is 3. The third kappa shape index (κ3) is 5.62. The molecule has 0 aliphatic rings. The Hall–Kier alpha value is -0.400. The van der Waals surface area contributed by atoms with Crippen LogP contribution in [0.25, 0.3) is 0 Å². The molecule has 0 aliphatic heterocycles. The first-order valence-corrected chi connectivity index (χ1v) is 5.77. The number of aryl methyl sites for hydroxylation is 1. The van der Waals surface area contributed by atoms with Crippen LogP contribution >= 0.6 is 0 Å². The molecule has 16 heavy (non-hydrogen) atoms. The Morgan fingerprint density at radius 2 is 1.94 bits per heavy atom. The Bertz CT molecular complexity index is 469. The van der Waals surface area contributed by atoms with Gasteiger partial charge < -0.3 is 5.11 Å². The summed E-state index contributed by atoms with van der Waals surface area (Å²) in [7, 11) is -4.00. The minimum atomic E-state index is -4.00. The molecule has 0 unspecified atom stereocenters. The van der Waals surface area contributed by atoms with Crippen LogP contribution < -0.4 is 0 Å². The van der Waals surface area contributed by atoms with Crippen molar-refractivity contribution in [2.45, 2.75) is 6.42 Å². The fourth-order valence-electron chi connectivity index (χ4n) is 1.11. The molecule has 0 saturated carbocycles. The second-order valence-corrected chi connectivity index (χ2v) is 4.61. The summed E-state index contributed by atoms with van der Waals surface area (Å²) in [5.74, 6) is -1.47. The van der Waals surface area contributed by atoms with Crippen molar-refractivity contribution in [1.82, 2.24) is 0 Å². The van der Waals surface area contributed by atoms with E-state index in [-0.39, 0.29) is 41.5 Å². The molecule has 0 radical (unpaired) electrons. The van der Waals surface area contributed by atoms with Crippen molar-refractivity contribution in [1.29, 1.82) is 0 Å². The van der Waals surface area contributed by atoms with E-state index in [1.54, 1.807) is 6.07 Å². The molecular weight excluding hydrogens is 243 g/mol. The van der Waals surface area contributed by atoms with Gasteiger partial charge in [-0.1, -0.05) is 12.1 Å². The third-order valence-electron chi connectivity index (χ3n) is 1.82. The maximum atomic E-state index is 10.6. The molecule has 1 aromatic carbocycles. The fourth-order valence-corrected chi connectivity index (χ4v) is 1.60. The van der Waals surface area contributed by atoms with Gasteiger partial charge in [0.1, 0.15) is 0 Å². The molecule has 0 fully saturated rings. The van der Waals surface area contributed by atoms with Crippen LogP contribution in [0.15, 0.2) is 24.3 Å². The van der Waals surface area contributed by atoms with Gasteiger partial charge in [-0.25, -0.2) is 4.79 Å². The van der Waals surface area contributed by atoms with Crippen molar-refractivity contribution in [3.8, 4) is 0 Å². The Morgan fingerprint density at radius 3 is 2.44 bits per heavy atom. The first kappa shape index (κ1) is 15.6. The van der Waals surface area contributed by atoms with E-state index >= 15 is 0 Å². The van der Waals surface area contributed by atoms with Crippen molar-refractivity contribution in [2.24, 2.45) is 0 Å². The maximum absolute atomic E-state index is 10.6. The van der Waals surface area contributed by atoms with Gasteiger partial charge >= 0.3 is 35.5 Å². The van der Waals surface area contributed by atoms with Crippen LogP contribution in [-0.4, -0.2) is 59.4 Å². The molecule has 0 bridgehead atoms. The average Bonchev–Trinajstić information content (AvgIpc) is 2.14. The van der Waals surface area contributed by atoms with Gasteiger partial charge in [0.05, 0.1) is 11.3 Å². The van der Waals surface area contributed by atoms with Crippen LogP contribution in [0, 0.1) is 0 Å². The number of rotatable bonds is 4. The van der Waals surface area contributed by atoms with E-state index in [1.807, 2.05) is 0 Å². The van der Waals surface area contributed by atoms with Crippen molar-refractivity contribution >= 4 is 45.6 Å². The van der Waals surface area contributed by atoms with Crippen LogP contribution in [-0.2, 0) is 16.5 Å². The molecule has 0 amide bonds. The molecule has 0 atom stereocenters. The first-order chi connectivity index (χ1) is 6.88. The second-order valence-electron chi connectivity index (χ2n) is 3.04. The zero-order chi connectivity index (χ0) is 11.5. The van der Waals surface area contributed by atoms with E-state index in [2.05, 4.69) is 0 Å². The summed E-state index contributed by atoms with van der Waals surface area (Å²) < 4.78 is 29.4. The summed E-state index contributed by atoms with van der Waals surface area (Å²) >= 11 is 0. The minimum absolute atomic E-state index is 0. The molecule has 0 saturated heterocycles. The number of carboxylic acid groups (broad SMARTS) is 1.